The molecule has 3 aromatic carbocycles. The number of benzene rings is 3. The molecule has 0 aliphatic carbocycles. The van der Waals surface area contributed by atoms with E-state index in [1.807, 2.05) is 55.5 Å². The number of aromatic hydroxyl groups is 2. The molecule has 0 atom stereocenters. The molecule has 0 unspecified atom stereocenters. The van der Waals surface area contributed by atoms with E-state index in [0.29, 0.717) is 23.0 Å². The first-order valence-electron chi connectivity index (χ1n) is 9.03. The van der Waals surface area contributed by atoms with Gasteiger partial charge in [0.1, 0.15) is 17.2 Å². The van der Waals surface area contributed by atoms with E-state index in [9.17, 15) is 10.2 Å². The fourth-order valence-electron chi connectivity index (χ4n) is 2.91. The van der Waals surface area contributed by atoms with E-state index in [4.69, 9.17) is 4.74 Å². The topological polar surface area (TPSA) is 88.4 Å². The van der Waals surface area contributed by atoms with Crippen LogP contribution in [0.1, 0.15) is 5.56 Å². The van der Waals surface area contributed by atoms with Crippen LogP contribution in [0.15, 0.2) is 66.7 Å². The Balaban J connectivity index is 1.90. The molecule has 0 amide bonds. The zero-order valence-corrected chi connectivity index (χ0v) is 16.0. The fourth-order valence-corrected chi connectivity index (χ4v) is 2.91. The lowest BCUT2D eigenvalue weighted by Gasteiger charge is -2.10. The highest BCUT2D eigenvalue weighted by Gasteiger charge is 2.15. The highest BCUT2D eigenvalue weighted by Crippen LogP contribution is 2.32. The molecule has 0 fully saturated rings. The van der Waals surface area contributed by atoms with Crippen molar-refractivity contribution >= 4 is 0 Å². The predicted molar refractivity (Wildman–Crippen MR) is 111 cm³/mol. The summed E-state index contributed by atoms with van der Waals surface area (Å²) < 4.78 is 5.22. The van der Waals surface area contributed by atoms with E-state index >= 15 is 0 Å². The molecule has 29 heavy (non-hydrogen) atoms. The van der Waals surface area contributed by atoms with Gasteiger partial charge in [-0.15, -0.1) is 0 Å². The zero-order valence-electron chi connectivity index (χ0n) is 16.0. The number of rotatable bonds is 4. The SMILES string of the molecule is COc1ccc(-c2nc(-c3ccc(C)cc3)nc(-c3ccc(O)cc3O)n2)cc1. The van der Waals surface area contributed by atoms with Crippen molar-refractivity contribution in [3.05, 3.63) is 72.3 Å². The van der Waals surface area contributed by atoms with Crippen LogP contribution in [0.4, 0.5) is 0 Å². The third kappa shape index (κ3) is 3.87. The molecule has 0 bridgehead atoms. The van der Waals surface area contributed by atoms with Crippen molar-refractivity contribution in [2.24, 2.45) is 0 Å². The van der Waals surface area contributed by atoms with Gasteiger partial charge in [0.15, 0.2) is 17.5 Å². The molecule has 4 aromatic rings. The lowest BCUT2D eigenvalue weighted by Crippen LogP contribution is -2.00. The lowest BCUT2D eigenvalue weighted by atomic mass is 10.1. The Labute approximate surface area is 168 Å². The summed E-state index contributed by atoms with van der Waals surface area (Å²) in [5.74, 6) is 1.88. The van der Waals surface area contributed by atoms with Crippen LogP contribution in [-0.2, 0) is 0 Å². The van der Waals surface area contributed by atoms with Crippen molar-refractivity contribution in [1.82, 2.24) is 15.0 Å². The smallest absolute Gasteiger partial charge is 0.167 e. The number of methoxy groups -OCH3 is 1. The minimum absolute atomic E-state index is 0.0329. The Kier molecular flexibility index (Phi) is 4.83. The monoisotopic (exact) mass is 385 g/mol. The van der Waals surface area contributed by atoms with E-state index < -0.39 is 0 Å². The number of ether oxygens (including phenoxy) is 1. The quantitative estimate of drug-likeness (QED) is 0.534. The molecule has 0 saturated carbocycles. The first-order chi connectivity index (χ1) is 14.0. The summed E-state index contributed by atoms with van der Waals surface area (Å²) in [7, 11) is 1.61. The van der Waals surface area contributed by atoms with Crippen LogP contribution in [0, 0.1) is 6.92 Å². The second-order valence-electron chi connectivity index (χ2n) is 6.60. The maximum absolute atomic E-state index is 10.3. The standard InChI is InChI=1S/C23H19N3O3/c1-14-3-5-15(6-4-14)21-24-22(16-7-10-18(29-2)11-8-16)26-23(25-21)19-12-9-17(27)13-20(19)28/h3-13,27-28H,1-2H3. The highest BCUT2D eigenvalue weighted by molar-refractivity contribution is 5.70. The van der Waals surface area contributed by atoms with Gasteiger partial charge in [-0.3, -0.25) is 0 Å². The van der Waals surface area contributed by atoms with Gasteiger partial charge in [0.2, 0.25) is 0 Å². The number of hydrogen-bond donors (Lipinski definition) is 2. The number of phenolic OH excluding ortho intramolecular Hbond substituents is 2. The van der Waals surface area contributed by atoms with Gasteiger partial charge in [0.25, 0.3) is 0 Å². The second kappa shape index (κ2) is 7.59. The average Bonchev–Trinajstić information content (AvgIpc) is 2.74. The van der Waals surface area contributed by atoms with Crippen LogP contribution in [0.2, 0.25) is 0 Å². The first kappa shape index (κ1) is 18.4. The Hall–Kier alpha value is -3.93. The fraction of sp³-hybridized carbons (Fsp3) is 0.0870. The Bertz CT molecular complexity index is 1160. The van der Waals surface area contributed by atoms with E-state index in [2.05, 4.69) is 15.0 Å². The summed E-state index contributed by atoms with van der Waals surface area (Å²) in [5.41, 5.74) is 3.18. The Morgan fingerprint density at radius 1 is 0.690 bits per heavy atom. The minimum Gasteiger partial charge on any atom is -0.508 e. The second-order valence-corrected chi connectivity index (χ2v) is 6.60. The summed E-state index contributed by atoms with van der Waals surface area (Å²) >= 11 is 0. The molecule has 6 heteroatoms. The van der Waals surface area contributed by atoms with Crippen LogP contribution in [0.3, 0.4) is 0 Å². The van der Waals surface area contributed by atoms with E-state index in [1.54, 1.807) is 13.2 Å². The maximum Gasteiger partial charge on any atom is 0.167 e. The summed E-state index contributed by atoms with van der Waals surface area (Å²) in [6.45, 7) is 2.01. The molecular weight excluding hydrogens is 366 g/mol. The highest BCUT2D eigenvalue weighted by atomic mass is 16.5. The van der Waals surface area contributed by atoms with Gasteiger partial charge in [0, 0.05) is 17.2 Å². The zero-order chi connectivity index (χ0) is 20.4. The molecule has 6 nitrogen and oxygen atoms in total. The molecule has 1 aromatic heterocycles. The lowest BCUT2D eigenvalue weighted by molar-refractivity contribution is 0.415. The van der Waals surface area contributed by atoms with E-state index in [-0.39, 0.29) is 11.5 Å². The van der Waals surface area contributed by atoms with E-state index in [0.717, 1.165) is 22.4 Å². The van der Waals surface area contributed by atoms with Crippen molar-refractivity contribution in [3.63, 3.8) is 0 Å². The van der Waals surface area contributed by atoms with Crippen LogP contribution in [0.5, 0.6) is 17.2 Å². The summed E-state index contributed by atoms with van der Waals surface area (Å²) in [6, 6.07) is 19.6. The third-order valence-electron chi connectivity index (χ3n) is 4.52. The average molecular weight is 385 g/mol. The number of aromatic nitrogens is 3. The van der Waals surface area contributed by atoms with Gasteiger partial charge in [0.05, 0.1) is 12.7 Å². The number of nitrogens with zero attached hydrogens (tertiary/aromatic N) is 3. The van der Waals surface area contributed by atoms with Crippen molar-refractivity contribution in [3.8, 4) is 51.4 Å². The van der Waals surface area contributed by atoms with Crippen molar-refractivity contribution in [2.75, 3.05) is 7.11 Å². The molecule has 0 radical (unpaired) electrons. The van der Waals surface area contributed by atoms with Crippen LogP contribution < -0.4 is 4.74 Å². The van der Waals surface area contributed by atoms with Gasteiger partial charge in [-0.25, -0.2) is 15.0 Å². The number of phenols is 2. The van der Waals surface area contributed by atoms with Crippen molar-refractivity contribution in [1.29, 1.82) is 0 Å². The maximum atomic E-state index is 10.3. The molecule has 0 saturated heterocycles. The van der Waals surface area contributed by atoms with Gasteiger partial charge < -0.3 is 14.9 Å². The summed E-state index contributed by atoms with van der Waals surface area (Å²) in [5, 5.41) is 19.9. The molecule has 144 valence electrons. The van der Waals surface area contributed by atoms with Crippen molar-refractivity contribution < 1.29 is 14.9 Å². The molecule has 2 N–H and O–H groups in total. The Morgan fingerprint density at radius 3 is 1.79 bits per heavy atom. The molecular formula is C23H19N3O3. The van der Waals surface area contributed by atoms with Crippen LogP contribution in [0.25, 0.3) is 34.2 Å². The summed E-state index contributed by atoms with van der Waals surface area (Å²) in [4.78, 5) is 13.8. The molecule has 4 rings (SSSR count). The molecule has 0 aliphatic rings. The van der Waals surface area contributed by atoms with Crippen molar-refractivity contribution in [2.45, 2.75) is 6.92 Å². The normalized spacial score (nSPS) is 10.7. The minimum atomic E-state index is -0.105. The number of aryl methyl sites for hydroxylation is 1. The van der Waals surface area contributed by atoms with Crippen LogP contribution in [-0.4, -0.2) is 32.3 Å². The van der Waals surface area contributed by atoms with Gasteiger partial charge in [-0.2, -0.15) is 0 Å². The molecule has 0 aliphatic heterocycles. The molecule has 0 spiro atoms. The van der Waals surface area contributed by atoms with Gasteiger partial charge >= 0.3 is 0 Å². The van der Waals surface area contributed by atoms with Crippen LogP contribution >= 0.6 is 0 Å². The largest absolute Gasteiger partial charge is 0.508 e. The third-order valence-corrected chi connectivity index (χ3v) is 4.52. The first-order valence-corrected chi connectivity index (χ1v) is 9.03. The summed E-state index contributed by atoms with van der Waals surface area (Å²) in [6.07, 6.45) is 0. The Morgan fingerprint density at radius 2 is 1.24 bits per heavy atom. The predicted octanol–water partition coefficient (Wildman–Crippen LogP) is 4.60. The number of hydrogen-bond acceptors (Lipinski definition) is 6. The molecule has 1 heterocycles. The van der Waals surface area contributed by atoms with Gasteiger partial charge in [-0.05, 0) is 43.3 Å². The van der Waals surface area contributed by atoms with E-state index in [1.165, 1.54) is 12.1 Å². The van der Waals surface area contributed by atoms with Gasteiger partial charge in [-0.1, -0.05) is 29.8 Å².